The molecular weight excluding hydrogens is 331 g/mol. The van der Waals surface area contributed by atoms with Gasteiger partial charge in [-0.2, -0.15) is 0 Å². The lowest BCUT2D eigenvalue weighted by atomic mass is 10.0. The van der Waals surface area contributed by atoms with E-state index in [1.54, 1.807) is 0 Å². The molecule has 0 aliphatic rings. The van der Waals surface area contributed by atoms with Crippen LogP contribution in [0.3, 0.4) is 0 Å². The van der Waals surface area contributed by atoms with Crippen LogP contribution < -0.4 is 10.5 Å². The minimum absolute atomic E-state index is 0.515. The summed E-state index contributed by atoms with van der Waals surface area (Å²) in [7, 11) is 4.04. The molecule has 0 spiro atoms. The Bertz CT molecular complexity index is 642. The van der Waals surface area contributed by atoms with Gasteiger partial charge in [-0.3, -0.25) is 0 Å². The van der Waals surface area contributed by atoms with E-state index in [-0.39, 0.29) is 0 Å². The average molecular weight is 353 g/mol. The summed E-state index contributed by atoms with van der Waals surface area (Å²) in [6, 6.07) is 11.7. The molecular formula is C18H22Cl2N2O. The Kier molecular flexibility index (Phi) is 6.72. The fourth-order valence-electron chi connectivity index (χ4n) is 2.27. The van der Waals surface area contributed by atoms with Gasteiger partial charge in [0, 0.05) is 17.1 Å². The predicted molar refractivity (Wildman–Crippen MR) is 98.7 cm³/mol. The second-order valence-electron chi connectivity index (χ2n) is 5.60. The molecule has 2 aromatic carbocycles. The summed E-state index contributed by atoms with van der Waals surface area (Å²) in [5, 5.41) is 1.33. The molecule has 2 rings (SSSR count). The fourth-order valence-corrected chi connectivity index (χ4v) is 2.94. The monoisotopic (exact) mass is 352 g/mol. The minimum atomic E-state index is 0.515. The highest BCUT2D eigenvalue weighted by Crippen LogP contribution is 2.35. The Morgan fingerprint density at radius 3 is 2.35 bits per heavy atom. The van der Waals surface area contributed by atoms with Crippen molar-refractivity contribution in [3.63, 3.8) is 0 Å². The van der Waals surface area contributed by atoms with Crippen molar-refractivity contribution >= 4 is 23.2 Å². The van der Waals surface area contributed by atoms with Gasteiger partial charge >= 0.3 is 0 Å². The van der Waals surface area contributed by atoms with E-state index < -0.39 is 0 Å². The van der Waals surface area contributed by atoms with Crippen molar-refractivity contribution < 1.29 is 4.74 Å². The van der Waals surface area contributed by atoms with Gasteiger partial charge in [0.25, 0.3) is 0 Å². The number of likely N-dealkylation sites (N-methyl/N-ethyl adjacent to an activating group) is 1. The number of nitrogens with zero attached hydrogens (tertiary/aromatic N) is 1. The zero-order valence-corrected chi connectivity index (χ0v) is 15.0. The molecule has 23 heavy (non-hydrogen) atoms. The summed E-state index contributed by atoms with van der Waals surface area (Å²) in [4.78, 5) is 2.08. The van der Waals surface area contributed by atoms with E-state index in [1.807, 2.05) is 50.5 Å². The number of halogens is 2. The number of nitrogens with two attached hydrogens (primary N) is 1. The largest absolute Gasteiger partial charge is 0.492 e. The Balaban J connectivity index is 2.18. The van der Waals surface area contributed by atoms with Crippen LogP contribution in [0.1, 0.15) is 5.56 Å². The molecule has 0 saturated carbocycles. The summed E-state index contributed by atoms with van der Waals surface area (Å²) in [5.41, 5.74) is 8.53. The number of benzene rings is 2. The molecule has 0 aliphatic heterocycles. The van der Waals surface area contributed by atoms with Crippen molar-refractivity contribution in [1.29, 1.82) is 0 Å². The number of hydrogen-bond donors (Lipinski definition) is 1. The van der Waals surface area contributed by atoms with Gasteiger partial charge in [-0.15, -0.1) is 0 Å². The van der Waals surface area contributed by atoms with Crippen molar-refractivity contribution in [3.8, 4) is 16.9 Å². The van der Waals surface area contributed by atoms with Crippen molar-refractivity contribution in [3.05, 3.63) is 52.0 Å². The van der Waals surface area contributed by atoms with Crippen molar-refractivity contribution in [1.82, 2.24) is 4.90 Å². The van der Waals surface area contributed by atoms with Crippen LogP contribution in [0.5, 0.6) is 5.75 Å². The van der Waals surface area contributed by atoms with E-state index in [2.05, 4.69) is 4.90 Å². The molecule has 0 fully saturated rings. The van der Waals surface area contributed by atoms with Crippen LogP contribution in [0.4, 0.5) is 0 Å². The van der Waals surface area contributed by atoms with E-state index in [0.29, 0.717) is 29.6 Å². The fraction of sp³-hybridized carbons (Fsp3) is 0.333. The first-order valence-electron chi connectivity index (χ1n) is 7.58. The predicted octanol–water partition coefficient (Wildman–Crippen LogP) is 4.10. The molecule has 0 aliphatic carbocycles. The third-order valence-corrected chi connectivity index (χ3v) is 4.34. The maximum atomic E-state index is 6.51. The normalized spacial score (nSPS) is 11.0. The van der Waals surface area contributed by atoms with E-state index >= 15 is 0 Å². The quantitative estimate of drug-likeness (QED) is 0.814. The molecule has 5 heteroatoms. The molecule has 0 unspecified atom stereocenters. The summed E-state index contributed by atoms with van der Waals surface area (Å²) in [6.07, 6.45) is 0.664. The average Bonchev–Trinajstić information content (AvgIpc) is 2.52. The zero-order valence-electron chi connectivity index (χ0n) is 13.5. The summed E-state index contributed by atoms with van der Waals surface area (Å²) >= 11 is 12.7. The van der Waals surface area contributed by atoms with Crippen molar-refractivity contribution in [2.24, 2.45) is 5.73 Å². The maximum Gasteiger partial charge on any atom is 0.119 e. The molecule has 0 radical (unpaired) electrons. The lowest BCUT2D eigenvalue weighted by Crippen LogP contribution is -2.19. The second kappa shape index (κ2) is 8.55. The van der Waals surface area contributed by atoms with Crippen LogP contribution in [-0.4, -0.2) is 38.7 Å². The highest BCUT2D eigenvalue weighted by molar-refractivity contribution is 6.37. The van der Waals surface area contributed by atoms with Crippen molar-refractivity contribution in [2.75, 3.05) is 33.8 Å². The summed E-state index contributed by atoms with van der Waals surface area (Å²) < 4.78 is 5.71. The Hall–Kier alpha value is -1.26. The molecule has 0 atom stereocenters. The smallest absolute Gasteiger partial charge is 0.119 e. The number of rotatable bonds is 7. The van der Waals surface area contributed by atoms with E-state index in [9.17, 15) is 0 Å². The molecule has 0 amide bonds. The van der Waals surface area contributed by atoms with Gasteiger partial charge in [0.1, 0.15) is 12.4 Å². The second-order valence-corrected chi connectivity index (χ2v) is 6.39. The third kappa shape index (κ3) is 4.85. The first-order chi connectivity index (χ1) is 11.0. The highest BCUT2D eigenvalue weighted by Gasteiger charge is 2.11. The first kappa shape index (κ1) is 18.1. The Labute approximate surface area is 147 Å². The van der Waals surface area contributed by atoms with Crippen LogP contribution in [0, 0.1) is 0 Å². The molecule has 0 heterocycles. The van der Waals surface area contributed by atoms with E-state index in [0.717, 1.165) is 29.0 Å². The van der Waals surface area contributed by atoms with Gasteiger partial charge in [-0.1, -0.05) is 41.4 Å². The third-order valence-electron chi connectivity index (χ3n) is 3.55. The van der Waals surface area contributed by atoms with Crippen LogP contribution in [-0.2, 0) is 6.42 Å². The molecule has 2 aromatic rings. The van der Waals surface area contributed by atoms with Gasteiger partial charge in [0.05, 0.1) is 5.02 Å². The summed E-state index contributed by atoms with van der Waals surface area (Å²) in [5.74, 6) is 0.850. The van der Waals surface area contributed by atoms with Crippen LogP contribution in [0.15, 0.2) is 36.4 Å². The zero-order chi connectivity index (χ0) is 16.8. The standard InChI is InChI=1S/C18H22Cl2N2O/c1-22(2)11-12-23-14-5-3-13(4-6-14)15-7-8-17(19)16(9-10-21)18(15)20/h3-8H,9-12,21H2,1-2H3. The van der Waals surface area contributed by atoms with E-state index in [1.165, 1.54) is 0 Å². The first-order valence-corrected chi connectivity index (χ1v) is 8.33. The lowest BCUT2D eigenvalue weighted by Gasteiger charge is -2.13. The SMILES string of the molecule is CN(C)CCOc1ccc(-c2ccc(Cl)c(CCN)c2Cl)cc1. The topological polar surface area (TPSA) is 38.5 Å². The van der Waals surface area contributed by atoms with Gasteiger partial charge in [0.15, 0.2) is 0 Å². The van der Waals surface area contributed by atoms with E-state index in [4.69, 9.17) is 33.7 Å². The molecule has 124 valence electrons. The maximum absolute atomic E-state index is 6.51. The molecule has 2 N–H and O–H groups in total. The molecule has 3 nitrogen and oxygen atoms in total. The van der Waals surface area contributed by atoms with Crippen LogP contribution in [0.2, 0.25) is 10.0 Å². The van der Waals surface area contributed by atoms with Gasteiger partial charge < -0.3 is 15.4 Å². The number of ether oxygens (including phenoxy) is 1. The molecule has 0 bridgehead atoms. The summed E-state index contributed by atoms with van der Waals surface area (Å²) in [6.45, 7) is 2.06. The highest BCUT2D eigenvalue weighted by atomic mass is 35.5. The van der Waals surface area contributed by atoms with Crippen LogP contribution >= 0.6 is 23.2 Å². The Morgan fingerprint density at radius 1 is 1.04 bits per heavy atom. The number of hydrogen-bond acceptors (Lipinski definition) is 3. The van der Waals surface area contributed by atoms with Crippen molar-refractivity contribution in [2.45, 2.75) is 6.42 Å². The molecule has 0 saturated heterocycles. The lowest BCUT2D eigenvalue weighted by molar-refractivity contribution is 0.261. The van der Waals surface area contributed by atoms with Gasteiger partial charge in [-0.25, -0.2) is 0 Å². The minimum Gasteiger partial charge on any atom is -0.492 e. The van der Waals surface area contributed by atoms with Crippen LogP contribution in [0.25, 0.3) is 11.1 Å². The van der Waals surface area contributed by atoms with Gasteiger partial charge in [0.2, 0.25) is 0 Å². The Morgan fingerprint density at radius 2 is 1.74 bits per heavy atom. The molecule has 0 aromatic heterocycles. The van der Waals surface area contributed by atoms with Gasteiger partial charge in [-0.05, 0) is 56.4 Å².